The molecule has 0 spiro atoms. The van der Waals surface area contributed by atoms with Gasteiger partial charge in [-0.2, -0.15) is 0 Å². The highest BCUT2D eigenvalue weighted by molar-refractivity contribution is 5.89. The van der Waals surface area contributed by atoms with Gasteiger partial charge in [-0.15, -0.1) is 0 Å². The minimum atomic E-state index is -0.253. The molecule has 7 nitrogen and oxygen atoms in total. The topological polar surface area (TPSA) is 62.1 Å². The van der Waals surface area contributed by atoms with E-state index in [2.05, 4.69) is 34.0 Å². The van der Waals surface area contributed by atoms with Crippen LogP contribution in [0.1, 0.15) is 30.0 Å². The van der Waals surface area contributed by atoms with Crippen molar-refractivity contribution in [2.45, 2.75) is 26.4 Å². The van der Waals surface area contributed by atoms with Crippen LogP contribution in [0.5, 0.6) is 0 Å². The predicted molar refractivity (Wildman–Crippen MR) is 102 cm³/mol. The molecule has 2 fully saturated rings. The third kappa shape index (κ3) is 3.99. The lowest BCUT2D eigenvalue weighted by Crippen LogP contribution is -2.46. The summed E-state index contributed by atoms with van der Waals surface area (Å²) in [6, 6.07) is 10.6. The molecular formula is C20H26N4O3. The normalized spacial score (nSPS) is 20.1. The van der Waals surface area contributed by atoms with E-state index in [0.717, 1.165) is 49.9 Å². The largest absolute Gasteiger partial charge is 0.447 e. The van der Waals surface area contributed by atoms with E-state index >= 15 is 0 Å². The standard InChI is InChI=1S/C20H26N4O3/c1-15-12-18(21-27-15)14-22-6-8-23(9-7-22)16(2)17-4-3-5-19(13-17)24-10-11-26-20(24)25/h3-5,12-13,16H,6-11,14H2,1-2H3. The lowest BCUT2D eigenvalue weighted by atomic mass is 10.0. The molecule has 1 amide bonds. The summed E-state index contributed by atoms with van der Waals surface area (Å²) in [4.78, 5) is 18.4. The molecular weight excluding hydrogens is 344 g/mol. The Kier molecular flexibility index (Phi) is 5.13. The molecule has 1 atom stereocenters. The molecule has 2 aromatic rings. The Morgan fingerprint density at radius 1 is 1.15 bits per heavy atom. The van der Waals surface area contributed by atoms with E-state index in [1.54, 1.807) is 4.90 Å². The summed E-state index contributed by atoms with van der Waals surface area (Å²) in [6.45, 7) is 10.1. The number of hydrogen-bond acceptors (Lipinski definition) is 6. The van der Waals surface area contributed by atoms with Crippen molar-refractivity contribution in [2.24, 2.45) is 0 Å². The van der Waals surface area contributed by atoms with Crippen molar-refractivity contribution in [3.05, 3.63) is 47.3 Å². The summed E-state index contributed by atoms with van der Waals surface area (Å²) in [5.41, 5.74) is 3.15. The Morgan fingerprint density at radius 2 is 1.96 bits per heavy atom. The van der Waals surface area contributed by atoms with E-state index in [9.17, 15) is 4.79 Å². The first kappa shape index (κ1) is 18.0. The highest BCUT2D eigenvalue weighted by Crippen LogP contribution is 2.27. The van der Waals surface area contributed by atoms with Gasteiger partial charge in [-0.1, -0.05) is 17.3 Å². The Morgan fingerprint density at radius 3 is 2.63 bits per heavy atom. The molecule has 27 heavy (non-hydrogen) atoms. The monoisotopic (exact) mass is 370 g/mol. The smallest absolute Gasteiger partial charge is 0.414 e. The van der Waals surface area contributed by atoms with Crippen molar-refractivity contribution < 1.29 is 14.1 Å². The molecule has 1 aromatic heterocycles. The fraction of sp³-hybridized carbons (Fsp3) is 0.500. The van der Waals surface area contributed by atoms with Crippen molar-refractivity contribution in [3.8, 4) is 0 Å². The minimum Gasteiger partial charge on any atom is -0.447 e. The van der Waals surface area contributed by atoms with E-state index in [1.165, 1.54) is 5.56 Å². The first-order valence-corrected chi connectivity index (χ1v) is 9.53. The zero-order valence-corrected chi connectivity index (χ0v) is 15.9. The molecule has 0 N–H and O–H groups in total. The van der Waals surface area contributed by atoms with Crippen LogP contribution in [0.4, 0.5) is 10.5 Å². The second-order valence-electron chi connectivity index (χ2n) is 7.28. The van der Waals surface area contributed by atoms with Crippen molar-refractivity contribution >= 4 is 11.8 Å². The first-order valence-electron chi connectivity index (χ1n) is 9.53. The van der Waals surface area contributed by atoms with Crippen LogP contribution in [-0.4, -0.2) is 60.4 Å². The lowest BCUT2D eigenvalue weighted by molar-refractivity contribution is 0.0963. The zero-order valence-electron chi connectivity index (χ0n) is 15.9. The molecule has 0 bridgehead atoms. The highest BCUT2D eigenvalue weighted by Gasteiger charge is 2.26. The van der Waals surface area contributed by atoms with Crippen LogP contribution in [0.15, 0.2) is 34.9 Å². The molecule has 2 aliphatic heterocycles. The summed E-state index contributed by atoms with van der Waals surface area (Å²) in [5.74, 6) is 0.860. The number of aromatic nitrogens is 1. The highest BCUT2D eigenvalue weighted by atomic mass is 16.6. The molecule has 144 valence electrons. The number of amides is 1. The third-order valence-electron chi connectivity index (χ3n) is 5.44. The maximum absolute atomic E-state index is 11.8. The molecule has 2 saturated heterocycles. The van der Waals surface area contributed by atoms with Gasteiger partial charge >= 0.3 is 6.09 Å². The molecule has 7 heteroatoms. The summed E-state index contributed by atoms with van der Waals surface area (Å²) in [7, 11) is 0. The summed E-state index contributed by atoms with van der Waals surface area (Å²) in [6.07, 6.45) is -0.253. The Bertz CT molecular complexity index is 798. The molecule has 0 radical (unpaired) electrons. The van der Waals surface area contributed by atoms with Crippen LogP contribution in [0.2, 0.25) is 0 Å². The first-order chi connectivity index (χ1) is 13.1. The van der Waals surface area contributed by atoms with E-state index in [4.69, 9.17) is 9.26 Å². The molecule has 2 aliphatic rings. The van der Waals surface area contributed by atoms with Gasteiger partial charge in [-0.05, 0) is 31.5 Å². The van der Waals surface area contributed by atoms with E-state index < -0.39 is 0 Å². The molecule has 1 unspecified atom stereocenters. The number of carbonyl (C=O) groups is 1. The quantitative estimate of drug-likeness (QED) is 0.807. The second kappa shape index (κ2) is 7.70. The molecule has 1 aromatic carbocycles. The van der Waals surface area contributed by atoms with Gasteiger partial charge in [-0.3, -0.25) is 14.7 Å². The number of hydrogen-bond donors (Lipinski definition) is 0. The van der Waals surface area contributed by atoms with Crippen LogP contribution in [0.25, 0.3) is 0 Å². The van der Waals surface area contributed by atoms with Crippen LogP contribution in [0, 0.1) is 6.92 Å². The van der Waals surface area contributed by atoms with Crippen LogP contribution >= 0.6 is 0 Å². The number of anilines is 1. The van der Waals surface area contributed by atoms with Gasteiger partial charge in [-0.25, -0.2) is 4.79 Å². The predicted octanol–water partition coefficient (Wildman–Crippen LogP) is 2.82. The number of benzene rings is 1. The maximum Gasteiger partial charge on any atom is 0.414 e. The van der Waals surface area contributed by atoms with Gasteiger partial charge in [0.2, 0.25) is 0 Å². The van der Waals surface area contributed by atoms with Gasteiger partial charge in [0.25, 0.3) is 0 Å². The van der Waals surface area contributed by atoms with E-state index in [0.29, 0.717) is 19.2 Å². The summed E-state index contributed by atoms with van der Waals surface area (Å²) in [5, 5.41) is 4.09. The SMILES string of the molecule is Cc1cc(CN2CCN(C(C)c3cccc(N4CCOC4=O)c3)CC2)no1. The molecule has 0 aliphatic carbocycles. The third-order valence-corrected chi connectivity index (χ3v) is 5.44. The van der Waals surface area contributed by atoms with Gasteiger partial charge < -0.3 is 9.26 Å². The number of carbonyl (C=O) groups excluding carboxylic acids is 1. The van der Waals surface area contributed by atoms with E-state index in [1.807, 2.05) is 25.1 Å². The fourth-order valence-corrected chi connectivity index (χ4v) is 3.82. The summed E-state index contributed by atoms with van der Waals surface area (Å²) < 4.78 is 10.2. The van der Waals surface area contributed by atoms with Gasteiger partial charge in [0, 0.05) is 50.5 Å². The summed E-state index contributed by atoms with van der Waals surface area (Å²) >= 11 is 0. The van der Waals surface area contributed by atoms with Crippen molar-refractivity contribution in [1.82, 2.24) is 15.0 Å². The second-order valence-corrected chi connectivity index (χ2v) is 7.28. The number of rotatable bonds is 5. The van der Waals surface area contributed by atoms with Crippen LogP contribution < -0.4 is 4.90 Å². The molecule has 4 rings (SSSR count). The Labute approximate surface area is 159 Å². The van der Waals surface area contributed by atoms with Gasteiger partial charge in [0.05, 0.1) is 12.2 Å². The van der Waals surface area contributed by atoms with Gasteiger partial charge in [0.15, 0.2) is 0 Å². The van der Waals surface area contributed by atoms with Crippen LogP contribution in [-0.2, 0) is 11.3 Å². The van der Waals surface area contributed by atoms with Crippen molar-refractivity contribution in [2.75, 3.05) is 44.2 Å². The average Bonchev–Trinajstić information content (AvgIpc) is 3.30. The average molecular weight is 370 g/mol. The number of piperazine rings is 1. The number of cyclic esters (lactones) is 1. The zero-order chi connectivity index (χ0) is 18.8. The molecule has 0 saturated carbocycles. The Balaban J connectivity index is 1.36. The molecule has 3 heterocycles. The maximum atomic E-state index is 11.8. The lowest BCUT2D eigenvalue weighted by Gasteiger charge is -2.38. The van der Waals surface area contributed by atoms with Crippen molar-refractivity contribution in [3.63, 3.8) is 0 Å². The van der Waals surface area contributed by atoms with Crippen molar-refractivity contribution in [1.29, 1.82) is 0 Å². The van der Waals surface area contributed by atoms with Crippen LogP contribution in [0.3, 0.4) is 0 Å². The number of nitrogens with zero attached hydrogens (tertiary/aromatic N) is 4. The fourth-order valence-electron chi connectivity index (χ4n) is 3.82. The minimum absolute atomic E-state index is 0.253. The number of ether oxygens (including phenoxy) is 1. The van der Waals surface area contributed by atoms with Gasteiger partial charge in [0.1, 0.15) is 12.4 Å². The Hall–Kier alpha value is -2.38. The number of aryl methyl sites for hydroxylation is 1. The van der Waals surface area contributed by atoms with E-state index in [-0.39, 0.29) is 6.09 Å².